The molecule has 0 spiro atoms. The van der Waals surface area contributed by atoms with Gasteiger partial charge in [0.25, 0.3) is 0 Å². The van der Waals surface area contributed by atoms with Gasteiger partial charge in [-0.3, -0.25) is 0 Å². The molecule has 1 heteroatoms. The molecule has 0 aliphatic carbocycles. The van der Waals surface area contributed by atoms with Gasteiger partial charge in [0.05, 0.1) is 0 Å². The van der Waals surface area contributed by atoms with E-state index in [-0.39, 0.29) is 5.75 Å². The molecule has 0 aliphatic rings. The van der Waals surface area contributed by atoms with Crippen LogP contribution in [0, 0.1) is 6.92 Å². The fourth-order valence-electron chi connectivity index (χ4n) is 0.656. The van der Waals surface area contributed by atoms with Gasteiger partial charge in [-0.2, -0.15) is 0 Å². The lowest BCUT2D eigenvalue weighted by atomic mass is 10.2. The Morgan fingerprint density at radius 3 is 2.22 bits per heavy atom. The quantitative estimate of drug-likeness (QED) is 0.545. The van der Waals surface area contributed by atoms with E-state index < -0.39 is 0 Å². The van der Waals surface area contributed by atoms with Crippen molar-refractivity contribution in [2.45, 2.75) is 6.42 Å². The van der Waals surface area contributed by atoms with E-state index >= 15 is 0 Å². The SMILES string of the molecule is [CH2]Cc1ccc([O-])cc1. The van der Waals surface area contributed by atoms with Gasteiger partial charge in [-0.1, -0.05) is 24.3 Å². The molecule has 0 N–H and O–H groups in total. The number of hydrogen-bond acceptors (Lipinski definition) is 1. The normalized spacial score (nSPS) is 9.44. The van der Waals surface area contributed by atoms with Gasteiger partial charge in [0.1, 0.15) is 0 Å². The highest BCUT2D eigenvalue weighted by Crippen LogP contribution is 2.06. The van der Waals surface area contributed by atoms with Crippen molar-refractivity contribution in [3.63, 3.8) is 0 Å². The average Bonchev–Trinajstić information content (AvgIpc) is 1.90. The van der Waals surface area contributed by atoms with Crippen LogP contribution in [0.1, 0.15) is 5.56 Å². The molecule has 1 rings (SSSR count). The molecule has 0 amide bonds. The predicted octanol–water partition coefficient (Wildman–Crippen LogP) is 1.14. The Morgan fingerprint density at radius 1 is 1.22 bits per heavy atom. The largest absolute Gasteiger partial charge is 0.872 e. The first kappa shape index (κ1) is 6.14. The zero-order valence-corrected chi connectivity index (χ0v) is 5.13. The first-order valence-corrected chi connectivity index (χ1v) is 2.88. The van der Waals surface area contributed by atoms with Crippen molar-refractivity contribution in [1.29, 1.82) is 0 Å². The van der Waals surface area contributed by atoms with Crippen molar-refractivity contribution in [3.8, 4) is 5.75 Å². The Labute approximate surface area is 55.0 Å². The second kappa shape index (κ2) is 2.53. The lowest BCUT2D eigenvalue weighted by Crippen LogP contribution is -1.88. The van der Waals surface area contributed by atoms with Gasteiger partial charge in [-0.05, 0) is 18.9 Å². The van der Waals surface area contributed by atoms with E-state index in [2.05, 4.69) is 6.92 Å². The molecule has 47 valence electrons. The Kier molecular flexibility index (Phi) is 1.73. The first-order valence-electron chi connectivity index (χ1n) is 2.88. The topological polar surface area (TPSA) is 23.1 Å². The predicted molar refractivity (Wildman–Crippen MR) is 34.9 cm³/mol. The van der Waals surface area contributed by atoms with Gasteiger partial charge in [-0.15, -0.1) is 5.75 Å². The van der Waals surface area contributed by atoms with Crippen LogP contribution in [-0.4, -0.2) is 0 Å². The zero-order chi connectivity index (χ0) is 6.69. The molecule has 0 bridgehead atoms. The molecule has 0 aromatic heterocycles. The molecule has 0 saturated heterocycles. The highest BCUT2D eigenvalue weighted by Gasteiger charge is 1.82. The maximum Gasteiger partial charge on any atom is -0.0279 e. The second-order valence-electron chi connectivity index (χ2n) is 1.89. The van der Waals surface area contributed by atoms with E-state index in [9.17, 15) is 5.11 Å². The third-order valence-corrected chi connectivity index (χ3v) is 1.21. The van der Waals surface area contributed by atoms with E-state index in [4.69, 9.17) is 0 Å². The van der Waals surface area contributed by atoms with E-state index in [0.29, 0.717) is 0 Å². The summed E-state index contributed by atoms with van der Waals surface area (Å²) in [5, 5.41) is 10.5. The van der Waals surface area contributed by atoms with Crippen LogP contribution < -0.4 is 5.11 Å². The second-order valence-corrected chi connectivity index (χ2v) is 1.89. The summed E-state index contributed by atoms with van der Waals surface area (Å²) >= 11 is 0. The zero-order valence-electron chi connectivity index (χ0n) is 5.13. The van der Waals surface area contributed by atoms with Gasteiger partial charge in [0.15, 0.2) is 0 Å². The summed E-state index contributed by atoms with van der Waals surface area (Å²) < 4.78 is 0. The highest BCUT2D eigenvalue weighted by atomic mass is 16.3. The maximum atomic E-state index is 10.5. The van der Waals surface area contributed by atoms with Crippen molar-refractivity contribution in [3.05, 3.63) is 36.8 Å². The van der Waals surface area contributed by atoms with Crippen LogP contribution in [0.3, 0.4) is 0 Å². The van der Waals surface area contributed by atoms with Crippen LogP contribution in [0.15, 0.2) is 24.3 Å². The molecular formula is C8H8O-. The number of rotatable bonds is 1. The van der Waals surface area contributed by atoms with Gasteiger partial charge in [0.2, 0.25) is 0 Å². The summed E-state index contributed by atoms with van der Waals surface area (Å²) in [7, 11) is 0. The Bertz CT molecular complexity index is 176. The summed E-state index contributed by atoms with van der Waals surface area (Å²) in [4.78, 5) is 0. The molecular weight excluding hydrogens is 112 g/mol. The molecule has 0 aliphatic heterocycles. The van der Waals surface area contributed by atoms with Gasteiger partial charge < -0.3 is 5.11 Å². The first-order chi connectivity index (χ1) is 4.33. The molecule has 1 aromatic carbocycles. The minimum Gasteiger partial charge on any atom is -0.872 e. The number of hydrogen-bond donors (Lipinski definition) is 0. The lowest BCUT2D eigenvalue weighted by molar-refractivity contribution is -0.268. The maximum absolute atomic E-state index is 10.5. The van der Waals surface area contributed by atoms with Crippen LogP contribution >= 0.6 is 0 Å². The van der Waals surface area contributed by atoms with E-state index in [1.807, 2.05) is 0 Å². The van der Waals surface area contributed by atoms with Gasteiger partial charge in [0, 0.05) is 0 Å². The third kappa shape index (κ3) is 1.46. The standard InChI is InChI=1S/C8H9O/c1-2-7-3-5-8(9)6-4-7/h3-6,9H,1-2H2/p-1. The van der Waals surface area contributed by atoms with Gasteiger partial charge >= 0.3 is 0 Å². The molecule has 0 saturated carbocycles. The molecule has 0 unspecified atom stereocenters. The summed E-state index contributed by atoms with van der Waals surface area (Å²) in [6.45, 7) is 3.68. The fraction of sp³-hybridized carbons (Fsp3) is 0.125. The van der Waals surface area contributed by atoms with Crippen LogP contribution in [0.4, 0.5) is 0 Å². The van der Waals surface area contributed by atoms with Crippen molar-refractivity contribution in [1.82, 2.24) is 0 Å². The minimum absolute atomic E-state index is 0.0622. The average molecular weight is 120 g/mol. The number of benzene rings is 1. The van der Waals surface area contributed by atoms with Crippen molar-refractivity contribution < 1.29 is 5.11 Å². The molecule has 0 fully saturated rings. The van der Waals surface area contributed by atoms with Crippen LogP contribution in [-0.2, 0) is 6.42 Å². The van der Waals surface area contributed by atoms with Crippen LogP contribution in [0.5, 0.6) is 5.75 Å². The summed E-state index contributed by atoms with van der Waals surface area (Å²) in [5.41, 5.74) is 1.11. The van der Waals surface area contributed by atoms with E-state index in [1.54, 1.807) is 24.3 Å². The fourth-order valence-corrected chi connectivity index (χ4v) is 0.656. The van der Waals surface area contributed by atoms with Crippen LogP contribution in [0.25, 0.3) is 0 Å². The molecule has 1 aromatic rings. The monoisotopic (exact) mass is 120 g/mol. The molecule has 0 heterocycles. The third-order valence-electron chi connectivity index (χ3n) is 1.21. The van der Waals surface area contributed by atoms with Crippen LogP contribution in [0.2, 0.25) is 0 Å². The molecule has 0 atom stereocenters. The Balaban J connectivity index is 2.88. The summed E-state index contributed by atoms with van der Waals surface area (Å²) in [6.07, 6.45) is 0.750. The molecule has 1 nitrogen and oxygen atoms in total. The summed E-state index contributed by atoms with van der Waals surface area (Å²) in [6, 6.07) is 6.71. The van der Waals surface area contributed by atoms with E-state index in [0.717, 1.165) is 12.0 Å². The van der Waals surface area contributed by atoms with E-state index in [1.165, 1.54) is 0 Å². The van der Waals surface area contributed by atoms with Gasteiger partial charge in [-0.25, -0.2) is 0 Å². The smallest absolute Gasteiger partial charge is 0.0279 e. The van der Waals surface area contributed by atoms with Crippen molar-refractivity contribution >= 4 is 0 Å². The Morgan fingerprint density at radius 2 is 1.78 bits per heavy atom. The Hall–Kier alpha value is -0.980. The highest BCUT2D eigenvalue weighted by molar-refractivity contribution is 5.25. The minimum atomic E-state index is 0.0622. The van der Waals surface area contributed by atoms with Crippen molar-refractivity contribution in [2.75, 3.05) is 0 Å². The molecule has 1 radical (unpaired) electrons. The lowest BCUT2D eigenvalue weighted by Gasteiger charge is -2.03. The molecule has 9 heavy (non-hydrogen) atoms. The summed E-state index contributed by atoms with van der Waals surface area (Å²) in [5.74, 6) is 0.0622. The van der Waals surface area contributed by atoms with Crippen molar-refractivity contribution in [2.24, 2.45) is 0 Å².